The van der Waals surface area contributed by atoms with Gasteiger partial charge in [-0.3, -0.25) is 14.5 Å². The van der Waals surface area contributed by atoms with Crippen molar-refractivity contribution in [3.8, 4) is 22.6 Å². The third kappa shape index (κ3) is 17.3. The predicted molar refractivity (Wildman–Crippen MR) is 242 cm³/mol. The number of fused-ring (bicyclic) bond motifs is 1. The number of methoxy groups -OCH3 is 2. The summed E-state index contributed by atoms with van der Waals surface area (Å²) in [6.45, 7) is 15.6. The number of nitrogens with zero attached hydrogens (tertiary/aromatic N) is 1. The topological polar surface area (TPSA) is 102 Å². The highest BCUT2D eigenvalue weighted by Gasteiger charge is 2.43. The van der Waals surface area contributed by atoms with Crippen LogP contribution in [0, 0.1) is 24.6 Å². The molecular formula is C50H63F7N2O5. The van der Waals surface area contributed by atoms with Crippen LogP contribution < -0.4 is 15.2 Å². The second-order valence-corrected chi connectivity index (χ2v) is 15.7. The number of alkyl halides is 6. The molecule has 1 aliphatic heterocycles. The van der Waals surface area contributed by atoms with E-state index in [2.05, 4.69) is 39.5 Å². The molecule has 1 aliphatic rings. The molecule has 1 unspecified atom stereocenters. The van der Waals surface area contributed by atoms with Gasteiger partial charge in [0.15, 0.2) is 0 Å². The van der Waals surface area contributed by atoms with Crippen molar-refractivity contribution in [2.75, 3.05) is 27.3 Å². The number of carboxylic acids is 1. The first-order chi connectivity index (χ1) is 30.0. The van der Waals surface area contributed by atoms with E-state index >= 15 is 0 Å². The number of nitrogens with two attached hydrogens (primary N) is 1. The number of hydrogen-bond acceptors (Lipinski definition) is 5. The van der Waals surface area contributed by atoms with Crippen molar-refractivity contribution in [3.05, 3.63) is 113 Å². The number of rotatable bonds is 14. The van der Waals surface area contributed by atoms with Crippen LogP contribution in [-0.2, 0) is 17.8 Å². The molecular weight excluding hydrogens is 842 g/mol. The van der Waals surface area contributed by atoms with Crippen LogP contribution in [0.4, 0.5) is 30.7 Å². The van der Waals surface area contributed by atoms with E-state index in [4.69, 9.17) is 20.3 Å². The monoisotopic (exact) mass is 904 g/mol. The molecule has 5 rings (SSSR count). The van der Waals surface area contributed by atoms with Crippen molar-refractivity contribution >= 4 is 28.2 Å². The van der Waals surface area contributed by atoms with E-state index in [1.807, 2.05) is 48.5 Å². The van der Waals surface area contributed by atoms with E-state index in [1.54, 1.807) is 39.0 Å². The minimum absolute atomic E-state index is 0.0156. The zero-order chi connectivity index (χ0) is 48.4. The Hall–Kier alpha value is -5.37. The van der Waals surface area contributed by atoms with Gasteiger partial charge in [0, 0.05) is 25.9 Å². The number of allylic oxidation sites excluding steroid dienone is 3. The van der Waals surface area contributed by atoms with Crippen molar-refractivity contribution in [2.45, 2.75) is 105 Å². The molecule has 0 radical (unpaired) electrons. The van der Waals surface area contributed by atoms with E-state index in [0.717, 1.165) is 51.4 Å². The van der Waals surface area contributed by atoms with E-state index < -0.39 is 42.4 Å². The highest BCUT2D eigenvalue weighted by atomic mass is 19.4. The molecule has 1 fully saturated rings. The standard InChI is InChI=1S/C27H28F3NO4.C11H12FNO.C9H18.C3H5F3/c1-34-23-13-17(15-31-12-11-19(16-31)27(28,29)30)14-24(35-2)26(23)22-8-4-6-20-18(9-10-25(32)33)5-3-7-21(20)22;1-6(2)8-4-7(3)10(11(13)14)9(12)5-8;1-4-6-7-8-9(3)5-2;1-2-3(4,5)6/h3-8,13-14,19H,9-12,15-16H2,1-2H3,(H,32,33);4-5H,1H2,2-3H3,(H2,13,14);7-9H,4-6H2,1-3H3;2H2,1H3/b;;8-7-;/t;;9-;/m..1./s1. The molecule has 1 amide bonds. The molecule has 4 aromatic carbocycles. The molecule has 64 heavy (non-hydrogen) atoms. The number of amides is 1. The summed E-state index contributed by atoms with van der Waals surface area (Å²) < 4.78 is 96.5. The fourth-order valence-electron chi connectivity index (χ4n) is 6.81. The van der Waals surface area contributed by atoms with E-state index in [0.29, 0.717) is 42.1 Å². The Balaban J connectivity index is 0.000000395. The Morgan fingerprint density at radius 1 is 0.969 bits per heavy atom. The van der Waals surface area contributed by atoms with Crippen LogP contribution >= 0.6 is 0 Å². The maximum atomic E-state index is 13.4. The lowest BCUT2D eigenvalue weighted by atomic mass is 9.92. The fraction of sp³-hybridized carbons (Fsp3) is 0.440. The molecule has 0 spiro atoms. The number of aryl methyl sites for hydroxylation is 2. The average Bonchev–Trinajstić information content (AvgIpc) is 3.72. The van der Waals surface area contributed by atoms with E-state index in [9.17, 15) is 40.3 Å². The average molecular weight is 905 g/mol. The number of aliphatic carboxylic acids is 1. The first-order valence-corrected chi connectivity index (χ1v) is 21.3. The third-order valence-corrected chi connectivity index (χ3v) is 10.6. The molecule has 4 aromatic rings. The molecule has 0 aromatic heterocycles. The number of carbonyl (C=O) groups is 2. The Morgan fingerprint density at radius 3 is 2.03 bits per heavy atom. The summed E-state index contributed by atoms with van der Waals surface area (Å²) in [6.07, 6.45) is 0.0678. The van der Waals surface area contributed by atoms with Gasteiger partial charge in [0.05, 0.1) is 31.3 Å². The SMILES string of the molecule is C=C(C)c1cc(C)c(C(N)=O)c(F)c1.CCC(F)(F)F.CCC/C=C\[C@H](C)CC.COc1cc(CN2CCC(C(F)(F)F)C2)cc(OC)c1-c1cccc2c(CCC(=O)O)cccc12. The van der Waals surface area contributed by atoms with Crippen LogP contribution in [0.2, 0.25) is 0 Å². The Bertz CT molecular complexity index is 2130. The van der Waals surface area contributed by atoms with Crippen molar-refractivity contribution < 1.29 is 54.9 Å². The summed E-state index contributed by atoms with van der Waals surface area (Å²) in [7, 11) is 3.11. The van der Waals surface area contributed by atoms with Gasteiger partial charge >= 0.3 is 18.3 Å². The summed E-state index contributed by atoms with van der Waals surface area (Å²) in [4.78, 5) is 23.8. The second kappa shape index (κ2) is 25.8. The van der Waals surface area contributed by atoms with Crippen molar-refractivity contribution in [1.82, 2.24) is 4.90 Å². The van der Waals surface area contributed by atoms with Crippen molar-refractivity contribution in [2.24, 2.45) is 17.6 Å². The van der Waals surface area contributed by atoms with Crippen LogP contribution in [0.5, 0.6) is 11.5 Å². The predicted octanol–water partition coefficient (Wildman–Crippen LogP) is 13.5. The molecule has 14 heteroatoms. The van der Waals surface area contributed by atoms with Gasteiger partial charge < -0.3 is 20.3 Å². The number of carbonyl (C=O) groups excluding carboxylic acids is 1. The summed E-state index contributed by atoms with van der Waals surface area (Å²) in [5.74, 6) is -1.57. The van der Waals surface area contributed by atoms with Gasteiger partial charge in [-0.2, -0.15) is 26.3 Å². The van der Waals surface area contributed by atoms with Gasteiger partial charge in [-0.25, -0.2) is 4.39 Å². The number of carboxylic acid groups (broad SMARTS) is 1. The van der Waals surface area contributed by atoms with Crippen LogP contribution in [0.1, 0.15) is 106 Å². The molecule has 352 valence electrons. The van der Waals surface area contributed by atoms with Crippen LogP contribution in [0.25, 0.3) is 27.5 Å². The summed E-state index contributed by atoms with van der Waals surface area (Å²) in [6, 6.07) is 18.3. The number of likely N-dealkylation sites (tertiary alicyclic amines) is 1. The van der Waals surface area contributed by atoms with Crippen LogP contribution in [0.15, 0.2) is 79.4 Å². The summed E-state index contributed by atoms with van der Waals surface area (Å²) in [5, 5.41) is 11.0. The minimum atomic E-state index is -4.17. The number of benzene rings is 4. The molecule has 0 saturated carbocycles. The smallest absolute Gasteiger partial charge is 0.393 e. The zero-order valence-corrected chi connectivity index (χ0v) is 38.1. The van der Waals surface area contributed by atoms with Crippen molar-refractivity contribution in [1.29, 1.82) is 0 Å². The van der Waals surface area contributed by atoms with Crippen LogP contribution in [-0.4, -0.2) is 61.5 Å². The lowest BCUT2D eigenvalue weighted by Gasteiger charge is -2.21. The number of hydrogen-bond donors (Lipinski definition) is 2. The van der Waals surface area contributed by atoms with Gasteiger partial charge in [-0.05, 0) is 102 Å². The lowest BCUT2D eigenvalue weighted by Crippen LogP contribution is -2.27. The molecule has 3 N–H and O–H groups in total. The number of unbranched alkanes of at least 4 members (excludes halogenated alkanes) is 1. The second-order valence-electron chi connectivity index (χ2n) is 15.7. The molecule has 1 heterocycles. The normalized spacial score (nSPS) is 14.4. The Labute approximate surface area is 373 Å². The van der Waals surface area contributed by atoms with Gasteiger partial charge in [0.2, 0.25) is 0 Å². The lowest BCUT2D eigenvalue weighted by molar-refractivity contribution is -0.170. The maximum absolute atomic E-state index is 13.4. The number of halogens is 7. The van der Waals surface area contributed by atoms with Crippen molar-refractivity contribution in [3.63, 3.8) is 0 Å². The molecule has 0 bridgehead atoms. The van der Waals surface area contributed by atoms with E-state index in [1.165, 1.54) is 25.3 Å². The third-order valence-electron chi connectivity index (χ3n) is 10.6. The summed E-state index contributed by atoms with van der Waals surface area (Å²) in [5.41, 5.74) is 10.3. The largest absolute Gasteiger partial charge is 0.496 e. The molecule has 7 nitrogen and oxygen atoms in total. The maximum Gasteiger partial charge on any atom is 0.393 e. The number of ether oxygens (including phenoxy) is 2. The first-order valence-electron chi connectivity index (χ1n) is 21.3. The summed E-state index contributed by atoms with van der Waals surface area (Å²) >= 11 is 0. The Morgan fingerprint density at radius 2 is 1.56 bits per heavy atom. The molecule has 0 aliphatic carbocycles. The van der Waals surface area contributed by atoms with Gasteiger partial charge in [-0.1, -0.05) is 107 Å². The quantitative estimate of drug-likeness (QED) is 0.0965. The highest BCUT2D eigenvalue weighted by Crippen LogP contribution is 2.44. The first kappa shape index (κ1) is 54.8. The zero-order valence-electron chi connectivity index (χ0n) is 38.1. The van der Waals surface area contributed by atoms with Crippen LogP contribution in [0.3, 0.4) is 0 Å². The van der Waals surface area contributed by atoms with Gasteiger partial charge in [-0.15, -0.1) is 0 Å². The van der Waals surface area contributed by atoms with Gasteiger partial charge in [0.1, 0.15) is 17.3 Å². The molecule has 1 saturated heterocycles. The number of primary amides is 1. The fourth-order valence-corrected chi connectivity index (χ4v) is 6.81. The molecule has 2 atom stereocenters. The Kier molecular flexibility index (Phi) is 22.1. The van der Waals surface area contributed by atoms with Gasteiger partial charge in [0.25, 0.3) is 5.91 Å². The van der Waals surface area contributed by atoms with E-state index in [-0.39, 0.29) is 24.9 Å². The highest BCUT2D eigenvalue weighted by molar-refractivity contribution is 6.01. The minimum Gasteiger partial charge on any atom is -0.496 e.